The summed E-state index contributed by atoms with van der Waals surface area (Å²) in [6.07, 6.45) is 0.462. The van der Waals surface area contributed by atoms with Gasteiger partial charge >= 0.3 is 0 Å². The highest BCUT2D eigenvalue weighted by Crippen LogP contribution is 2.24. The van der Waals surface area contributed by atoms with Crippen LogP contribution in [-0.2, 0) is 22.6 Å². The Kier molecular flexibility index (Phi) is 8.02. The number of ether oxygens (including phenoxy) is 2. The van der Waals surface area contributed by atoms with E-state index < -0.39 is 6.04 Å². The van der Waals surface area contributed by atoms with Gasteiger partial charge in [0.25, 0.3) is 11.8 Å². The predicted molar refractivity (Wildman–Crippen MR) is 147 cm³/mol. The summed E-state index contributed by atoms with van der Waals surface area (Å²) in [6, 6.07) is 19.4. The smallest absolute Gasteiger partial charge is 0.258 e. The molecule has 1 fully saturated rings. The van der Waals surface area contributed by atoms with Crippen LogP contribution < -0.4 is 20.1 Å². The van der Waals surface area contributed by atoms with E-state index in [0.717, 1.165) is 16.7 Å². The van der Waals surface area contributed by atoms with Gasteiger partial charge in [-0.1, -0.05) is 41.9 Å². The Morgan fingerprint density at radius 3 is 2.59 bits per heavy atom. The van der Waals surface area contributed by atoms with Crippen LogP contribution in [-0.4, -0.2) is 54.5 Å². The molecule has 0 aromatic heterocycles. The van der Waals surface area contributed by atoms with Crippen LogP contribution in [0.1, 0.15) is 33.5 Å². The van der Waals surface area contributed by atoms with Crippen LogP contribution in [0.5, 0.6) is 11.5 Å². The first-order valence-electron chi connectivity index (χ1n) is 12.9. The Morgan fingerprint density at radius 2 is 1.82 bits per heavy atom. The maximum absolute atomic E-state index is 13.4. The normalized spacial score (nSPS) is 19.6. The third-order valence-corrected chi connectivity index (χ3v) is 7.25. The van der Waals surface area contributed by atoms with E-state index in [9.17, 15) is 14.4 Å². The van der Waals surface area contributed by atoms with E-state index in [-0.39, 0.29) is 36.9 Å². The number of hydrogen-bond donors (Lipinski definition) is 2. The molecule has 1 saturated heterocycles. The maximum Gasteiger partial charge on any atom is 0.258 e. The molecule has 2 atom stereocenters. The van der Waals surface area contributed by atoms with E-state index in [4.69, 9.17) is 21.1 Å². The molecular formula is C30H30ClN3O5. The molecule has 2 N–H and O–H groups in total. The number of nitrogens with one attached hydrogen (secondary N) is 2. The number of benzene rings is 3. The minimum Gasteiger partial charge on any atom is -0.488 e. The second-order valence-electron chi connectivity index (χ2n) is 9.86. The minimum absolute atomic E-state index is 0.0269. The molecule has 202 valence electrons. The summed E-state index contributed by atoms with van der Waals surface area (Å²) in [5, 5.41) is 6.55. The van der Waals surface area contributed by atoms with Gasteiger partial charge in [0.15, 0.2) is 6.61 Å². The van der Waals surface area contributed by atoms with Crippen LogP contribution in [0.25, 0.3) is 0 Å². The minimum atomic E-state index is -0.440. The van der Waals surface area contributed by atoms with E-state index in [1.807, 2.05) is 43.3 Å². The summed E-state index contributed by atoms with van der Waals surface area (Å²) < 4.78 is 12.1. The van der Waals surface area contributed by atoms with Crippen molar-refractivity contribution in [2.24, 2.45) is 0 Å². The van der Waals surface area contributed by atoms with Gasteiger partial charge in [0.2, 0.25) is 5.91 Å². The number of carbonyl (C=O) groups is 3. The highest BCUT2D eigenvalue weighted by molar-refractivity contribution is 6.30. The van der Waals surface area contributed by atoms with Gasteiger partial charge < -0.3 is 25.0 Å². The lowest BCUT2D eigenvalue weighted by atomic mass is 9.99. The number of fused-ring (bicyclic) bond motifs is 7. The lowest BCUT2D eigenvalue weighted by molar-refractivity contribution is -0.133. The molecule has 0 unspecified atom stereocenters. The molecule has 4 bridgehead atoms. The average molecular weight is 548 g/mol. The summed E-state index contributed by atoms with van der Waals surface area (Å²) in [5.74, 6) is 0.515. The van der Waals surface area contributed by atoms with Gasteiger partial charge in [-0.05, 0) is 60.0 Å². The molecule has 3 aliphatic rings. The van der Waals surface area contributed by atoms with Gasteiger partial charge in [0.1, 0.15) is 17.6 Å². The summed E-state index contributed by atoms with van der Waals surface area (Å²) in [7, 11) is 0. The highest BCUT2D eigenvalue weighted by Gasteiger charge is 2.34. The third-order valence-electron chi connectivity index (χ3n) is 7.00. The van der Waals surface area contributed by atoms with Gasteiger partial charge in [0, 0.05) is 36.6 Å². The second-order valence-corrected chi connectivity index (χ2v) is 10.3. The molecule has 8 nitrogen and oxygen atoms in total. The Bertz CT molecular complexity index is 1360. The predicted octanol–water partition coefficient (Wildman–Crippen LogP) is 3.68. The van der Waals surface area contributed by atoms with Gasteiger partial charge in [-0.15, -0.1) is 0 Å². The zero-order valence-electron chi connectivity index (χ0n) is 21.6. The van der Waals surface area contributed by atoms with Crippen LogP contribution in [0, 0.1) is 6.92 Å². The number of carbonyl (C=O) groups excluding carboxylic acids is 3. The molecule has 0 radical (unpaired) electrons. The van der Waals surface area contributed by atoms with E-state index >= 15 is 0 Å². The van der Waals surface area contributed by atoms with Gasteiger partial charge in [-0.2, -0.15) is 0 Å². The Labute approximate surface area is 232 Å². The lowest BCUT2D eigenvalue weighted by Gasteiger charge is -2.39. The monoisotopic (exact) mass is 547 g/mol. The van der Waals surface area contributed by atoms with E-state index in [1.54, 1.807) is 35.2 Å². The number of rotatable bonds is 2. The van der Waals surface area contributed by atoms with E-state index in [2.05, 4.69) is 10.6 Å². The van der Waals surface area contributed by atoms with Crippen molar-refractivity contribution in [2.75, 3.05) is 19.7 Å². The first kappa shape index (κ1) is 26.6. The Hall–Kier alpha value is -4.04. The first-order valence-corrected chi connectivity index (χ1v) is 13.3. The molecule has 3 heterocycles. The number of halogens is 1. The van der Waals surface area contributed by atoms with Crippen molar-refractivity contribution < 1.29 is 23.9 Å². The molecule has 39 heavy (non-hydrogen) atoms. The molecule has 3 aliphatic heterocycles. The number of aryl methyl sites for hydroxylation is 1. The quantitative estimate of drug-likeness (QED) is 0.510. The standard InChI is InChI=1S/C30H30ClN3O5/c1-19-2-7-22-15-27(19)38-18-28(35)32-16-21-5-10-24(11-6-21)39-26-12-13-34(17-25(26)33-30(22)37)29(36)14-20-3-8-23(31)9-4-20/h2-11,15,25-26H,12-14,16-18H2,1H3,(H,32,35)(H,33,37)/t25-,26-/m0/s1. The van der Waals surface area contributed by atoms with Crippen LogP contribution in [0.2, 0.25) is 5.02 Å². The largest absolute Gasteiger partial charge is 0.488 e. The molecular weight excluding hydrogens is 518 g/mol. The first-order chi connectivity index (χ1) is 18.8. The number of likely N-dealkylation sites (tertiary alicyclic amines) is 1. The molecule has 3 amide bonds. The summed E-state index contributed by atoms with van der Waals surface area (Å²) >= 11 is 5.98. The SMILES string of the molecule is Cc1ccc2cc1OCC(=O)NCc1ccc(cc1)O[C@H]1CCN(C(=O)Cc3ccc(Cl)cc3)C[C@@H]1NC2=O. The number of amides is 3. The van der Waals surface area contributed by atoms with Crippen molar-refractivity contribution in [1.29, 1.82) is 0 Å². The second kappa shape index (κ2) is 11.8. The molecule has 0 aliphatic carbocycles. The van der Waals surface area contributed by atoms with E-state index in [0.29, 0.717) is 48.1 Å². The molecule has 6 rings (SSSR count). The average Bonchev–Trinajstić information content (AvgIpc) is 2.94. The summed E-state index contributed by atoms with van der Waals surface area (Å²) in [4.78, 5) is 40.6. The van der Waals surface area contributed by atoms with Crippen molar-refractivity contribution in [3.8, 4) is 11.5 Å². The van der Waals surface area contributed by atoms with Crippen molar-refractivity contribution in [2.45, 2.75) is 38.5 Å². The van der Waals surface area contributed by atoms with Crippen molar-refractivity contribution >= 4 is 29.3 Å². The third kappa shape index (κ3) is 6.70. The topological polar surface area (TPSA) is 97.0 Å². The lowest BCUT2D eigenvalue weighted by Crippen LogP contribution is -2.58. The molecule has 3 aromatic rings. The number of piperidine rings is 1. The fourth-order valence-electron chi connectivity index (χ4n) is 4.73. The maximum atomic E-state index is 13.4. The van der Waals surface area contributed by atoms with Crippen molar-refractivity contribution in [3.63, 3.8) is 0 Å². The zero-order chi connectivity index (χ0) is 27.4. The van der Waals surface area contributed by atoms with Crippen LogP contribution in [0.3, 0.4) is 0 Å². The highest BCUT2D eigenvalue weighted by atomic mass is 35.5. The molecule has 0 spiro atoms. The Balaban J connectivity index is 1.39. The van der Waals surface area contributed by atoms with E-state index in [1.165, 1.54) is 0 Å². The van der Waals surface area contributed by atoms with Gasteiger partial charge in [-0.3, -0.25) is 14.4 Å². The van der Waals surface area contributed by atoms with Gasteiger partial charge in [0.05, 0.1) is 12.5 Å². The molecule has 9 heteroatoms. The summed E-state index contributed by atoms with van der Waals surface area (Å²) in [6.45, 7) is 2.87. The fraction of sp³-hybridized carbons (Fsp3) is 0.300. The fourth-order valence-corrected chi connectivity index (χ4v) is 4.86. The summed E-state index contributed by atoms with van der Waals surface area (Å²) in [5.41, 5.74) is 3.00. The number of nitrogens with zero attached hydrogens (tertiary/aromatic N) is 1. The van der Waals surface area contributed by atoms with Crippen LogP contribution in [0.4, 0.5) is 0 Å². The van der Waals surface area contributed by atoms with Crippen LogP contribution in [0.15, 0.2) is 66.7 Å². The van der Waals surface area contributed by atoms with Gasteiger partial charge in [-0.25, -0.2) is 0 Å². The van der Waals surface area contributed by atoms with Crippen molar-refractivity contribution in [1.82, 2.24) is 15.5 Å². The molecule has 0 saturated carbocycles. The zero-order valence-corrected chi connectivity index (χ0v) is 22.4. The Morgan fingerprint density at radius 1 is 1.05 bits per heavy atom. The van der Waals surface area contributed by atoms with Crippen molar-refractivity contribution in [3.05, 3.63) is 94.0 Å². The molecule has 3 aromatic carbocycles. The number of hydrogen-bond acceptors (Lipinski definition) is 5. The van der Waals surface area contributed by atoms with Crippen LogP contribution >= 0.6 is 11.6 Å².